The zero-order valence-corrected chi connectivity index (χ0v) is 17.5. The maximum absolute atomic E-state index is 4.75. The van der Waals surface area contributed by atoms with Gasteiger partial charge in [0.05, 0.1) is 22.9 Å². The first-order valence-corrected chi connectivity index (χ1v) is 11.7. The molecule has 5 nitrogen and oxygen atoms in total. The number of nitrogens with one attached hydrogen (secondary N) is 1. The molecule has 3 heterocycles. The van der Waals surface area contributed by atoms with E-state index in [1.807, 2.05) is 34.8 Å². The fourth-order valence-corrected chi connectivity index (χ4v) is 4.44. The largest absolute Gasteiger partial charge is 0.364 e. The van der Waals surface area contributed by atoms with Crippen LogP contribution in [-0.4, -0.2) is 18.6 Å². The number of rotatable bonds is 5. The molecule has 0 saturated heterocycles. The van der Waals surface area contributed by atoms with Crippen LogP contribution in [0.3, 0.4) is 0 Å². The Morgan fingerprint density at radius 1 is 1.16 bits per heavy atom. The minimum absolute atomic E-state index is 0.702. The van der Waals surface area contributed by atoms with E-state index in [0.29, 0.717) is 6.54 Å². The van der Waals surface area contributed by atoms with Gasteiger partial charge < -0.3 is 5.32 Å². The van der Waals surface area contributed by atoms with E-state index in [1.54, 1.807) is 15.3 Å². The minimum atomic E-state index is 0.702. The quantitative estimate of drug-likeness (QED) is 0.353. The lowest BCUT2D eigenvalue weighted by Gasteiger charge is -2.11. The SMILES string of the molecule is Brc1cnn2c(NCc3cccn3SI)cc(-c3ccccc3)nc12. The standard InChI is InChI=1S/C17H13BrIN5S/c18-14-11-21-24-16(20-10-13-7-4-8-23(13)25-19)9-15(22-17(14)24)12-5-2-1-3-6-12/h1-9,11,20H,10H2. The van der Waals surface area contributed by atoms with Gasteiger partial charge in [0.1, 0.15) is 5.82 Å². The summed E-state index contributed by atoms with van der Waals surface area (Å²) in [4.78, 5) is 4.75. The van der Waals surface area contributed by atoms with Crippen LogP contribution < -0.4 is 5.32 Å². The molecule has 0 fully saturated rings. The number of aromatic nitrogens is 4. The second-order valence-electron chi connectivity index (χ2n) is 5.37. The van der Waals surface area contributed by atoms with Crippen LogP contribution in [0.4, 0.5) is 5.82 Å². The summed E-state index contributed by atoms with van der Waals surface area (Å²) < 4.78 is 4.82. The van der Waals surface area contributed by atoms with Crippen LogP contribution in [0.1, 0.15) is 5.69 Å². The summed E-state index contributed by atoms with van der Waals surface area (Å²) in [6, 6.07) is 16.3. The highest BCUT2D eigenvalue weighted by Gasteiger charge is 2.12. The number of anilines is 1. The van der Waals surface area contributed by atoms with Crippen molar-refractivity contribution in [2.24, 2.45) is 0 Å². The molecule has 4 aromatic rings. The number of halogens is 2. The van der Waals surface area contributed by atoms with Gasteiger partial charge in [-0.25, -0.2) is 4.98 Å². The van der Waals surface area contributed by atoms with Gasteiger partial charge in [-0.05, 0) is 28.1 Å². The van der Waals surface area contributed by atoms with Crippen molar-refractivity contribution in [2.45, 2.75) is 6.54 Å². The molecule has 25 heavy (non-hydrogen) atoms. The Labute approximate surface area is 169 Å². The summed E-state index contributed by atoms with van der Waals surface area (Å²) in [6.07, 6.45) is 3.82. The zero-order chi connectivity index (χ0) is 17.2. The monoisotopic (exact) mass is 525 g/mol. The molecular weight excluding hydrogens is 513 g/mol. The van der Waals surface area contributed by atoms with Gasteiger partial charge in [-0.2, -0.15) is 9.61 Å². The van der Waals surface area contributed by atoms with Crippen molar-refractivity contribution in [3.8, 4) is 11.3 Å². The molecule has 0 bridgehead atoms. The third-order valence-electron chi connectivity index (χ3n) is 3.82. The molecule has 8 heteroatoms. The van der Waals surface area contributed by atoms with E-state index < -0.39 is 0 Å². The number of nitrogens with zero attached hydrogens (tertiary/aromatic N) is 4. The van der Waals surface area contributed by atoms with Crippen LogP contribution in [0.15, 0.2) is 65.4 Å². The summed E-state index contributed by atoms with van der Waals surface area (Å²) in [5, 5.41) is 7.92. The van der Waals surface area contributed by atoms with Crippen molar-refractivity contribution in [3.05, 3.63) is 71.1 Å². The fourth-order valence-electron chi connectivity index (χ4n) is 2.61. The molecule has 4 rings (SSSR count). The van der Waals surface area contributed by atoms with E-state index in [2.05, 4.69) is 75.9 Å². The average molecular weight is 526 g/mol. The summed E-state index contributed by atoms with van der Waals surface area (Å²) in [6.45, 7) is 0.702. The summed E-state index contributed by atoms with van der Waals surface area (Å²) in [7, 11) is 1.65. The van der Waals surface area contributed by atoms with Crippen molar-refractivity contribution < 1.29 is 0 Å². The Morgan fingerprint density at radius 3 is 2.80 bits per heavy atom. The van der Waals surface area contributed by atoms with Crippen molar-refractivity contribution >= 4 is 57.7 Å². The van der Waals surface area contributed by atoms with Gasteiger partial charge >= 0.3 is 0 Å². The van der Waals surface area contributed by atoms with Gasteiger partial charge in [0.25, 0.3) is 0 Å². The third-order valence-corrected chi connectivity index (χ3v) is 6.15. The highest BCUT2D eigenvalue weighted by molar-refractivity contribution is 14.2. The molecule has 0 radical (unpaired) electrons. The molecule has 0 atom stereocenters. The number of hydrogen-bond acceptors (Lipinski definition) is 4. The topological polar surface area (TPSA) is 47.1 Å². The number of benzene rings is 1. The maximum Gasteiger partial charge on any atom is 0.172 e. The lowest BCUT2D eigenvalue weighted by atomic mass is 10.1. The summed E-state index contributed by atoms with van der Waals surface area (Å²) in [5.74, 6) is 0.903. The van der Waals surface area contributed by atoms with Crippen LogP contribution in [0.2, 0.25) is 0 Å². The second-order valence-corrected chi connectivity index (χ2v) is 7.94. The van der Waals surface area contributed by atoms with Crippen LogP contribution >= 0.6 is 46.3 Å². The Hall–Kier alpha value is -1.52. The minimum Gasteiger partial charge on any atom is -0.364 e. The molecule has 0 aliphatic rings. The Kier molecular flexibility index (Phi) is 5.00. The van der Waals surface area contributed by atoms with Gasteiger partial charge in [0.15, 0.2) is 5.65 Å². The second kappa shape index (κ2) is 7.38. The Bertz CT molecular complexity index is 1010. The molecule has 3 aromatic heterocycles. The van der Waals surface area contributed by atoms with Crippen molar-refractivity contribution in [1.82, 2.24) is 18.6 Å². The predicted molar refractivity (Wildman–Crippen MR) is 115 cm³/mol. The zero-order valence-electron chi connectivity index (χ0n) is 12.9. The van der Waals surface area contributed by atoms with Crippen LogP contribution in [0.25, 0.3) is 16.9 Å². The summed E-state index contributed by atoms with van der Waals surface area (Å²) >= 11 is 5.82. The molecule has 0 aliphatic carbocycles. The summed E-state index contributed by atoms with van der Waals surface area (Å²) in [5.41, 5.74) is 3.97. The highest BCUT2D eigenvalue weighted by atomic mass is 127. The first-order valence-electron chi connectivity index (χ1n) is 7.55. The molecule has 1 N–H and O–H groups in total. The van der Waals surface area contributed by atoms with Crippen molar-refractivity contribution in [1.29, 1.82) is 0 Å². The van der Waals surface area contributed by atoms with E-state index >= 15 is 0 Å². The highest BCUT2D eigenvalue weighted by Crippen LogP contribution is 2.26. The third kappa shape index (κ3) is 3.42. The smallest absolute Gasteiger partial charge is 0.172 e. The van der Waals surface area contributed by atoms with E-state index in [9.17, 15) is 0 Å². The Balaban J connectivity index is 1.74. The first kappa shape index (κ1) is 16.9. The normalized spacial score (nSPS) is 11.1. The lowest BCUT2D eigenvalue weighted by molar-refractivity contribution is 0.917. The Morgan fingerprint density at radius 2 is 2.00 bits per heavy atom. The lowest BCUT2D eigenvalue weighted by Crippen LogP contribution is -2.08. The van der Waals surface area contributed by atoms with E-state index in [4.69, 9.17) is 4.98 Å². The molecule has 0 aliphatic heterocycles. The van der Waals surface area contributed by atoms with E-state index in [0.717, 1.165) is 27.2 Å². The maximum atomic E-state index is 4.75. The molecule has 126 valence electrons. The van der Waals surface area contributed by atoms with Crippen LogP contribution in [-0.2, 0) is 6.54 Å². The van der Waals surface area contributed by atoms with Crippen molar-refractivity contribution in [2.75, 3.05) is 5.32 Å². The van der Waals surface area contributed by atoms with Gasteiger partial charge in [0.2, 0.25) is 0 Å². The molecular formula is C17H13BrIN5S. The van der Waals surface area contributed by atoms with Crippen LogP contribution in [0.5, 0.6) is 0 Å². The molecule has 0 unspecified atom stereocenters. The van der Waals surface area contributed by atoms with Crippen molar-refractivity contribution in [3.63, 3.8) is 0 Å². The van der Waals surface area contributed by atoms with E-state index in [-0.39, 0.29) is 0 Å². The molecule has 1 aromatic carbocycles. The van der Waals surface area contributed by atoms with Gasteiger partial charge in [-0.3, -0.25) is 3.97 Å². The number of hydrogen-bond donors (Lipinski definition) is 1. The number of fused-ring (bicyclic) bond motifs is 1. The predicted octanol–water partition coefficient (Wildman–Crippen LogP) is 5.42. The van der Waals surface area contributed by atoms with Gasteiger partial charge in [-0.15, -0.1) is 0 Å². The van der Waals surface area contributed by atoms with E-state index in [1.165, 1.54) is 5.69 Å². The fraction of sp³-hybridized carbons (Fsp3) is 0.0588. The van der Waals surface area contributed by atoms with Crippen LogP contribution in [0, 0.1) is 0 Å². The molecule has 0 spiro atoms. The van der Waals surface area contributed by atoms with Gasteiger partial charge in [0, 0.05) is 53.8 Å². The molecule has 0 amide bonds. The average Bonchev–Trinajstić information content (AvgIpc) is 3.27. The van der Waals surface area contributed by atoms with Gasteiger partial charge in [-0.1, -0.05) is 30.3 Å². The molecule has 0 saturated carbocycles. The first-order chi connectivity index (χ1) is 12.3.